The second kappa shape index (κ2) is 5.98. The van der Waals surface area contributed by atoms with Crippen LogP contribution >= 0.6 is 0 Å². The first-order valence-electron chi connectivity index (χ1n) is 5.87. The summed E-state index contributed by atoms with van der Waals surface area (Å²) in [6.45, 7) is -0.338. The van der Waals surface area contributed by atoms with Crippen LogP contribution in [0, 0.1) is 0 Å². The van der Waals surface area contributed by atoms with Gasteiger partial charge in [-0.2, -0.15) is 5.10 Å². The molecule has 0 saturated heterocycles. The fourth-order valence-electron chi connectivity index (χ4n) is 1.57. The van der Waals surface area contributed by atoms with E-state index < -0.39 is 18.0 Å². The number of aromatic nitrogens is 2. The van der Waals surface area contributed by atoms with Gasteiger partial charge in [-0.25, -0.2) is 9.48 Å². The molecule has 0 fully saturated rings. The first-order valence-corrected chi connectivity index (χ1v) is 5.87. The Hall–Kier alpha value is -2.67. The van der Waals surface area contributed by atoms with Crippen molar-refractivity contribution < 1.29 is 19.8 Å². The lowest BCUT2D eigenvalue weighted by molar-refractivity contribution is -0.146. The van der Waals surface area contributed by atoms with Gasteiger partial charge in [0.2, 0.25) is 0 Å². The molecule has 7 nitrogen and oxygen atoms in total. The molecule has 3 N–H and O–H groups in total. The average Bonchev–Trinajstić information content (AvgIpc) is 2.98. The van der Waals surface area contributed by atoms with Crippen LogP contribution in [0.3, 0.4) is 0 Å². The van der Waals surface area contributed by atoms with Gasteiger partial charge in [-0.1, -0.05) is 0 Å². The minimum Gasteiger partial charge on any atom is -0.479 e. The number of hydrogen-bond donors (Lipinski definition) is 3. The minimum absolute atomic E-state index is 0.338. The summed E-state index contributed by atoms with van der Waals surface area (Å²) < 4.78 is 1.65. The van der Waals surface area contributed by atoms with Gasteiger partial charge in [0.25, 0.3) is 5.91 Å². The molecule has 0 saturated carbocycles. The number of hydrogen-bond acceptors (Lipinski definition) is 4. The largest absolute Gasteiger partial charge is 0.479 e. The quantitative estimate of drug-likeness (QED) is 0.715. The number of carbonyl (C=O) groups is 2. The molecule has 1 aromatic carbocycles. The van der Waals surface area contributed by atoms with Gasteiger partial charge in [0.15, 0.2) is 6.10 Å². The van der Waals surface area contributed by atoms with Crippen LogP contribution in [0.5, 0.6) is 0 Å². The average molecular weight is 275 g/mol. The Bertz CT molecular complexity index is 593. The highest BCUT2D eigenvalue weighted by Gasteiger charge is 2.14. The molecular weight excluding hydrogens is 262 g/mol. The molecule has 0 aliphatic heterocycles. The summed E-state index contributed by atoms with van der Waals surface area (Å²) in [5, 5.41) is 24.0. The van der Waals surface area contributed by atoms with Crippen molar-refractivity contribution >= 4 is 11.9 Å². The summed E-state index contributed by atoms with van der Waals surface area (Å²) in [5.74, 6) is -1.82. The number of aliphatic hydroxyl groups is 1. The second-order valence-corrected chi connectivity index (χ2v) is 4.06. The zero-order chi connectivity index (χ0) is 14.5. The molecule has 0 bridgehead atoms. The van der Waals surface area contributed by atoms with Crippen molar-refractivity contribution in [2.75, 3.05) is 6.54 Å². The molecule has 1 amide bonds. The lowest BCUT2D eigenvalue weighted by atomic mass is 10.2. The van der Waals surface area contributed by atoms with Crippen molar-refractivity contribution in [3.05, 3.63) is 48.3 Å². The van der Waals surface area contributed by atoms with Gasteiger partial charge in [-0.15, -0.1) is 0 Å². The van der Waals surface area contributed by atoms with Crippen LogP contribution in [0.25, 0.3) is 5.69 Å². The molecule has 1 heterocycles. The number of rotatable bonds is 5. The third-order valence-corrected chi connectivity index (χ3v) is 2.64. The fourth-order valence-corrected chi connectivity index (χ4v) is 1.57. The molecule has 1 aromatic heterocycles. The highest BCUT2D eigenvalue weighted by Crippen LogP contribution is 2.08. The Morgan fingerprint density at radius 2 is 2.00 bits per heavy atom. The summed E-state index contributed by atoms with van der Waals surface area (Å²) in [7, 11) is 0. The highest BCUT2D eigenvalue weighted by molar-refractivity contribution is 5.94. The van der Waals surface area contributed by atoms with Crippen LogP contribution in [0.15, 0.2) is 42.7 Å². The minimum atomic E-state index is -1.61. The van der Waals surface area contributed by atoms with Gasteiger partial charge < -0.3 is 15.5 Å². The maximum atomic E-state index is 11.7. The van der Waals surface area contributed by atoms with Crippen molar-refractivity contribution in [2.24, 2.45) is 0 Å². The summed E-state index contributed by atoms with van der Waals surface area (Å²) in [5.41, 5.74) is 1.18. The van der Waals surface area contributed by atoms with Crippen molar-refractivity contribution in [3.63, 3.8) is 0 Å². The molecule has 0 radical (unpaired) electrons. The molecule has 0 aliphatic rings. The van der Waals surface area contributed by atoms with E-state index in [-0.39, 0.29) is 6.54 Å². The molecule has 1 atom stereocenters. The maximum absolute atomic E-state index is 11.7. The first-order chi connectivity index (χ1) is 9.58. The summed E-state index contributed by atoms with van der Waals surface area (Å²) in [6.07, 6.45) is 1.81. The number of benzene rings is 1. The molecule has 20 heavy (non-hydrogen) atoms. The van der Waals surface area contributed by atoms with Gasteiger partial charge in [0.05, 0.1) is 12.2 Å². The van der Waals surface area contributed by atoms with Crippen LogP contribution < -0.4 is 5.32 Å². The van der Waals surface area contributed by atoms with E-state index in [0.717, 1.165) is 5.69 Å². The van der Waals surface area contributed by atoms with E-state index in [1.54, 1.807) is 47.4 Å². The van der Waals surface area contributed by atoms with Gasteiger partial charge in [-0.3, -0.25) is 4.79 Å². The first kappa shape index (κ1) is 13.8. The summed E-state index contributed by atoms with van der Waals surface area (Å²) in [6, 6.07) is 8.41. The number of carboxylic acids is 1. The standard InChI is InChI=1S/C13H13N3O4/c17-11(13(19)20)8-14-12(18)9-2-4-10(5-3-9)16-7-1-6-15-16/h1-7,11,17H,8H2,(H,14,18)(H,19,20). The number of nitrogens with zero attached hydrogens (tertiary/aromatic N) is 2. The number of aliphatic carboxylic acids is 1. The molecule has 1 unspecified atom stereocenters. The summed E-state index contributed by atoms with van der Waals surface area (Å²) in [4.78, 5) is 22.1. The van der Waals surface area contributed by atoms with E-state index in [4.69, 9.17) is 10.2 Å². The van der Waals surface area contributed by atoms with E-state index in [1.807, 2.05) is 0 Å². The van der Waals surface area contributed by atoms with Crippen molar-refractivity contribution in [3.8, 4) is 5.69 Å². The van der Waals surface area contributed by atoms with E-state index in [2.05, 4.69) is 10.4 Å². The van der Waals surface area contributed by atoms with Gasteiger partial charge >= 0.3 is 5.97 Å². The number of aliphatic hydroxyl groups excluding tert-OH is 1. The molecular formula is C13H13N3O4. The number of nitrogens with one attached hydrogen (secondary N) is 1. The molecule has 104 valence electrons. The second-order valence-electron chi connectivity index (χ2n) is 4.06. The van der Waals surface area contributed by atoms with Crippen molar-refractivity contribution in [1.82, 2.24) is 15.1 Å². The van der Waals surface area contributed by atoms with Crippen LogP contribution in [-0.2, 0) is 4.79 Å². The van der Waals surface area contributed by atoms with E-state index in [0.29, 0.717) is 5.56 Å². The zero-order valence-corrected chi connectivity index (χ0v) is 10.4. The van der Waals surface area contributed by atoms with Crippen LogP contribution in [0.2, 0.25) is 0 Å². The van der Waals surface area contributed by atoms with Crippen LogP contribution in [0.4, 0.5) is 0 Å². The van der Waals surface area contributed by atoms with Gasteiger partial charge in [0, 0.05) is 18.0 Å². The highest BCUT2D eigenvalue weighted by atomic mass is 16.4. The Labute approximate surface area is 114 Å². The maximum Gasteiger partial charge on any atom is 0.334 e. The van der Waals surface area contributed by atoms with Gasteiger partial charge in [-0.05, 0) is 30.3 Å². The van der Waals surface area contributed by atoms with Crippen LogP contribution in [-0.4, -0.2) is 44.5 Å². The lowest BCUT2D eigenvalue weighted by Gasteiger charge is -2.08. The molecule has 0 aliphatic carbocycles. The van der Waals surface area contributed by atoms with Crippen molar-refractivity contribution in [1.29, 1.82) is 0 Å². The fraction of sp³-hybridized carbons (Fsp3) is 0.154. The predicted octanol–water partition coefficient (Wildman–Crippen LogP) is 0.0476. The normalized spacial score (nSPS) is 11.8. The SMILES string of the molecule is O=C(NCC(O)C(=O)O)c1ccc(-n2cccn2)cc1. The van der Waals surface area contributed by atoms with Crippen LogP contribution in [0.1, 0.15) is 10.4 Å². The Kier molecular flexibility index (Phi) is 4.11. The molecule has 2 aromatic rings. The van der Waals surface area contributed by atoms with E-state index >= 15 is 0 Å². The van der Waals surface area contributed by atoms with E-state index in [9.17, 15) is 9.59 Å². The zero-order valence-electron chi connectivity index (χ0n) is 10.4. The Morgan fingerprint density at radius 1 is 1.30 bits per heavy atom. The third kappa shape index (κ3) is 3.21. The third-order valence-electron chi connectivity index (χ3n) is 2.64. The van der Waals surface area contributed by atoms with Gasteiger partial charge in [0.1, 0.15) is 0 Å². The monoisotopic (exact) mass is 275 g/mol. The molecule has 0 spiro atoms. The molecule has 7 heteroatoms. The predicted molar refractivity (Wildman–Crippen MR) is 69.5 cm³/mol. The smallest absolute Gasteiger partial charge is 0.334 e. The summed E-state index contributed by atoms with van der Waals surface area (Å²) >= 11 is 0. The number of amides is 1. The Morgan fingerprint density at radius 3 is 2.55 bits per heavy atom. The Balaban J connectivity index is 1.99. The van der Waals surface area contributed by atoms with E-state index in [1.165, 1.54) is 0 Å². The molecule has 2 rings (SSSR count). The lowest BCUT2D eigenvalue weighted by Crippen LogP contribution is -2.36. The van der Waals surface area contributed by atoms with Crippen molar-refractivity contribution in [2.45, 2.75) is 6.10 Å². The number of carboxylic acid groups (broad SMARTS) is 1. The number of carbonyl (C=O) groups excluding carboxylic acids is 1. The topological polar surface area (TPSA) is 104 Å².